The first kappa shape index (κ1) is 20.0. The average molecular weight is 427 g/mol. The van der Waals surface area contributed by atoms with E-state index in [0.717, 1.165) is 6.26 Å². The van der Waals surface area contributed by atoms with Crippen LogP contribution in [-0.2, 0) is 9.84 Å². The molecule has 0 radical (unpaired) electrons. The number of nitrogens with zero attached hydrogens (tertiary/aromatic N) is 4. The molecule has 3 aromatic rings. The number of anilines is 1. The van der Waals surface area contributed by atoms with Gasteiger partial charge in [0.1, 0.15) is 5.69 Å². The molecule has 0 spiro atoms. The Bertz CT molecular complexity index is 1120. The Morgan fingerprint density at radius 2 is 1.87 bits per heavy atom. The molecule has 4 rings (SSSR count). The van der Waals surface area contributed by atoms with Gasteiger partial charge in [0, 0.05) is 37.1 Å². The Morgan fingerprint density at radius 3 is 2.50 bits per heavy atom. The SMILES string of the molecule is CS(=O)(=O)c1ccc(NC(=O)N2CCC(c3nc(-c4ccccn4)no3)CC2)cc1. The van der Waals surface area contributed by atoms with E-state index in [1.807, 2.05) is 18.2 Å². The number of carbonyl (C=O) groups is 1. The Morgan fingerprint density at radius 1 is 1.13 bits per heavy atom. The maximum absolute atomic E-state index is 12.5. The lowest BCUT2D eigenvalue weighted by molar-refractivity contribution is 0.187. The van der Waals surface area contributed by atoms with Gasteiger partial charge in [-0.15, -0.1) is 0 Å². The van der Waals surface area contributed by atoms with E-state index in [-0.39, 0.29) is 16.8 Å². The van der Waals surface area contributed by atoms with Crippen molar-refractivity contribution in [2.45, 2.75) is 23.7 Å². The standard InChI is InChI=1S/C20H21N5O4S/c1-30(27,28)16-7-5-15(6-8-16)22-20(26)25-12-9-14(10-13-25)19-23-18(24-29-19)17-4-2-3-11-21-17/h2-8,11,14H,9-10,12-13H2,1H3,(H,22,26). The smallest absolute Gasteiger partial charge is 0.321 e. The number of amides is 2. The van der Waals surface area contributed by atoms with E-state index >= 15 is 0 Å². The number of sulfone groups is 1. The van der Waals surface area contributed by atoms with Crippen molar-refractivity contribution in [3.63, 3.8) is 0 Å². The van der Waals surface area contributed by atoms with E-state index in [1.165, 1.54) is 12.1 Å². The van der Waals surface area contributed by atoms with Crippen molar-refractivity contribution in [2.75, 3.05) is 24.7 Å². The van der Waals surface area contributed by atoms with E-state index in [1.54, 1.807) is 23.2 Å². The minimum atomic E-state index is -3.26. The fourth-order valence-electron chi connectivity index (χ4n) is 3.32. The number of rotatable bonds is 4. The van der Waals surface area contributed by atoms with Crippen LogP contribution in [0.1, 0.15) is 24.7 Å². The molecule has 1 aromatic carbocycles. The van der Waals surface area contributed by atoms with Crippen LogP contribution < -0.4 is 5.32 Å². The highest BCUT2D eigenvalue weighted by atomic mass is 32.2. The second-order valence-corrected chi connectivity index (χ2v) is 9.17. The maximum Gasteiger partial charge on any atom is 0.321 e. The van der Waals surface area contributed by atoms with Crippen molar-refractivity contribution in [1.29, 1.82) is 0 Å². The fourth-order valence-corrected chi connectivity index (χ4v) is 3.95. The first-order valence-corrected chi connectivity index (χ1v) is 11.4. The molecule has 1 aliphatic heterocycles. The highest BCUT2D eigenvalue weighted by Crippen LogP contribution is 2.28. The van der Waals surface area contributed by atoms with E-state index in [9.17, 15) is 13.2 Å². The van der Waals surface area contributed by atoms with E-state index in [2.05, 4.69) is 20.4 Å². The Labute approximate surface area is 174 Å². The molecule has 0 saturated carbocycles. The zero-order chi connectivity index (χ0) is 21.1. The summed E-state index contributed by atoms with van der Waals surface area (Å²) in [5, 5.41) is 6.81. The van der Waals surface area contributed by atoms with Crippen LogP contribution in [0.15, 0.2) is 58.1 Å². The fraction of sp³-hybridized carbons (Fsp3) is 0.300. The molecule has 9 nitrogen and oxygen atoms in total. The van der Waals surface area contributed by atoms with E-state index in [4.69, 9.17) is 4.52 Å². The first-order chi connectivity index (χ1) is 14.4. The molecule has 1 N–H and O–H groups in total. The summed E-state index contributed by atoms with van der Waals surface area (Å²) in [5.74, 6) is 1.11. The van der Waals surface area contributed by atoms with Gasteiger partial charge in [0.2, 0.25) is 11.7 Å². The Balaban J connectivity index is 1.33. The molecule has 1 fully saturated rings. The molecule has 30 heavy (non-hydrogen) atoms. The van der Waals surface area contributed by atoms with Crippen molar-refractivity contribution < 1.29 is 17.7 Å². The quantitative estimate of drug-likeness (QED) is 0.680. The molecule has 2 aromatic heterocycles. The predicted molar refractivity (Wildman–Crippen MR) is 110 cm³/mol. The van der Waals surface area contributed by atoms with Crippen LogP contribution in [0.2, 0.25) is 0 Å². The molecule has 3 heterocycles. The Kier molecular flexibility index (Phi) is 5.49. The van der Waals surface area contributed by atoms with Crippen LogP contribution in [0, 0.1) is 0 Å². The van der Waals surface area contributed by atoms with Gasteiger partial charge in [-0.3, -0.25) is 4.98 Å². The van der Waals surface area contributed by atoms with Crippen molar-refractivity contribution in [1.82, 2.24) is 20.0 Å². The van der Waals surface area contributed by atoms with Crippen molar-refractivity contribution >= 4 is 21.6 Å². The third-order valence-corrected chi connectivity index (χ3v) is 6.13. The number of urea groups is 1. The monoisotopic (exact) mass is 427 g/mol. The molecule has 1 aliphatic rings. The van der Waals surface area contributed by atoms with Crippen LogP contribution in [0.5, 0.6) is 0 Å². The summed E-state index contributed by atoms with van der Waals surface area (Å²) < 4.78 is 28.5. The molecule has 2 amide bonds. The van der Waals surface area contributed by atoms with Crippen molar-refractivity contribution in [2.24, 2.45) is 0 Å². The summed E-state index contributed by atoms with van der Waals surface area (Å²) in [6.07, 6.45) is 4.25. The van der Waals surface area contributed by atoms with Crippen LogP contribution in [0.4, 0.5) is 10.5 Å². The lowest BCUT2D eigenvalue weighted by Crippen LogP contribution is -2.40. The molecular formula is C20H21N5O4S. The number of hydrogen-bond acceptors (Lipinski definition) is 7. The summed E-state index contributed by atoms with van der Waals surface area (Å²) in [4.78, 5) is 23.1. The van der Waals surface area contributed by atoms with Gasteiger partial charge in [-0.25, -0.2) is 13.2 Å². The normalized spacial score (nSPS) is 15.2. The van der Waals surface area contributed by atoms with Crippen molar-refractivity contribution in [3.8, 4) is 11.5 Å². The van der Waals surface area contributed by atoms with Crippen LogP contribution in [-0.4, -0.2) is 53.8 Å². The highest BCUT2D eigenvalue weighted by molar-refractivity contribution is 7.90. The third kappa shape index (κ3) is 4.48. The number of likely N-dealkylation sites (tertiary alicyclic amines) is 1. The summed E-state index contributed by atoms with van der Waals surface area (Å²) in [6.45, 7) is 1.11. The van der Waals surface area contributed by atoms with Gasteiger partial charge in [0.15, 0.2) is 9.84 Å². The number of nitrogens with one attached hydrogen (secondary N) is 1. The summed E-state index contributed by atoms with van der Waals surface area (Å²) in [6, 6.07) is 11.4. The van der Waals surface area contributed by atoms with Gasteiger partial charge in [0.05, 0.1) is 4.90 Å². The van der Waals surface area contributed by atoms with Gasteiger partial charge in [0.25, 0.3) is 0 Å². The number of pyridine rings is 1. The van der Waals surface area contributed by atoms with Gasteiger partial charge < -0.3 is 14.7 Å². The minimum Gasteiger partial charge on any atom is -0.339 e. The van der Waals surface area contributed by atoms with Crippen LogP contribution in [0.3, 0.4) is 0 Å². The molecule has 0 unspecified atom stereocenters. The van der Waals surface area contributed by atoms with Gasteiger partial charge in [-0.05, 0) is 49.2 Å². The maximum atomic E-state index is 12.5. The average Bonchev–Trinajstić information content (AvgIpc) is 3.24. The number of carbonyl (C=O) groups excluding carboxylic acids is 1. The molecule has 156 valence electrons. The second kappa shape index (κ2) is 8.23. The van der Waals surface area contributed by atoms with Gasteiger partial charge in [-0.2, -0.15) is 4.98 Å². The number of hydrogen-bond donors (Lipinski definition) is 1. The lowest BCUT2D eigenvalue weighted by Gasteiger charge is -2.30. The third-order valence-electron chi connectivity index (χ3n) is 5.00. The van der Waals surface area contributed by atoms with Crippen molar-refractivity contribution in [3.05, 3.63) is 54.6 Å². The predicted octanol–water partition coefficient (Wildman–Crippen LogP) is 2.95. The summed E-state index contributed by atoms with van der Waals surface area (Å²) in [7, 11) is -3.26. The first-order valence-electron chi connectivity index (χ1n) is 9.51. The van der Waals surface area contributed by atoms with E-state index in [0.29, 0.717) is 49.0 Å². The Hall–Kier alpha value is -3.27. The van der Waals surface area contributed by atoms with Crippen LogP contribution in [0.25, 0.3) is 11.5 Å². The number of benzene rings is 1. The van der Waals surface area contributed by atoms with Crippen LogP contribution >= 0.6 is 0 Å². The topological polar surface area (TPSA) is 118 Å². The summed E-state index contributed by atoms with van der Waals surface area (Å²) >= 11 is 0. The molecule has 0 aliphatic carbocycles. The minimum absolute atomic E-state index is 0.0908. The highest BCUT2D eigenvalue weighted by Gasteiger charge is 2.28. The molecule has 0 bridgehead atoms. The number of aromatic nitrogens is 3. The van der Waals surface area contributed by atoms with E-state index < -0.39 is 9.84 Å². The zero-order valence-electron chi connectivity index (χ0n) is 16.4. The largest absolute Gasteiger partial charge is 0.339 e. The summed E-state index contributed by atoms with van der Waals surface area (Å²) in [5.41, 5.74) is 1.21. The molecule has 0 atom stereocenters. The molecule has 10 heteroatoms. The molecule has 1 saturated heterocycles. The second-order valence-electron chi connectivity index (χ2n) is 7.16. The van der Waals surface area contributed by atoms with Gasteiger partial charge >= 0.3 is 6.03 Å². The number of piperidine rings is 1. The van der Waals surface area contributed by atoms with Gasteiger partial charge in [-0.1, -0.05) is 11.2 Å². The zero-order valence-corrected chi connectivity index (χ0v) is 17.2. The molecular weight excluding hydrogens is 406 g/mol. The lowest BCUT2D eigenvalue weighted by atomic mass is 9.97.